The van der Waals surface area contributed by atoms with Crippen LogP contribution in [-0.2, 0) is 23.1 Å². The Bertz CT molecular complexity index is 1450. The zero-order valence-corrected chi connectivity index (χ0v) is 33.2. The quantitative estimate of drug-likeness (QED) is 0.140. The van der Waals surface area contributed by atoms with Gasteiger partial charge in [0, 0.05) is 6.42 Å². The maximum Gasteiger partial charge on any atom is 0.349 e. The van der Waals surface area contributed by atoms with Gasteiger partial charge >= 0.3 is 5.97 Å². The van der Waals surface area contributed by atoms with Crippen LogP contribution in [0.25, 0.3) is 0 Å². The molecule has 1 aliphatic carbocycles. The molecule has 0 amide bonds. The number of carbonyl (C=O) groups excluding carboxylic acids is 1. The zero-order valence-electron chi connectivity index (χ0n) is 29.6. The van der Waals surface area contributed by atoms with Crippen LogP contribution in [0.5, 0.6) is 0 Å². The maximum atomic E-state index is 13.1. The molecule has 0 N–H and O–H groups in total. The van der Waals surface area contributed by atoms with Gasteiger partial charge < -0.3 is 18.3 Å². The fraction of sp³-hybridized carbons (Fsp3) is 0.500. The van der Waals surface area contributed by atoms with Crippen LogP contribution in [0.15, 0.2) is 94.7 Å². The summed E-state index contributed by atoms with van der Waals surface area (Å²) in [6.45, 7) is 23.4. The molecule has 2 aromatic rings. The second kappa shape index (κ2) is 13.3. The van der Waals surface area contributed by atoms with Crippen LogP contribution >= 0.6 is 15.9 Å². The van der Waals surface area contributed by atoms with E-state index in [2.05, 4.69) is 163 Å². The molecule has 8 heteroatoms. The van der Waals surface area contributed by atoms with Crippen molar-refractivity contribution in [2.75, 3.05) is 20.3 Å². The number of carbonyl (C=O) groups is 1. The summed E-state index contributed by atoms with van der Waals surface area (Å²) in [5, 5.41) is 2.46. The van der Waals surface area contributed by atoms with Gasteiger partial charge in [0.1, 0.15) is 4.48 Å². The minimum absolute atomic E-state index is 0.0690. The van der Waals surface area contributed by atoms with Crippen LogP contribution in [0, 0.1) is 11.3 Å². The first-order valence-electron chi connectivity index (χ1n) is 16.3. The third kappa shape index (κ3) is 6.57. The third-order valence-electron chi connectivity index (χ3n) is 10.5. The second-order valence-electron chi connectivity index (χ2n) is 15.6. The summed E-state index contributed by atoms with van der Waals surface area (Å²) in [5.41, 5.74) is -0.520. The first-order valence-corrected chi connectivity index (χ1v) is 21.9. The molecule has 2 aliphatic rings. The molecule has 1 spiro atoms. The van der Waals surface area contributed by atoms with Crippen molar-refractivity contribution in [1.29, 1.82) is 0 Å². The van der Waals surface area contributed by atoms with Gasteiger partial charge in [-0.2, -0.15) is 0 Å². The Hall–Kier alpha value is -2.24. The van der Waals surface area contributed by atoms with E-state index >= 15 is 0 Å². The molecule has 0 bridgehead atoms. The summed E-state index contributed by atoms with van der Waals surface area (Å²) in [7, 11) is -3.10. The van der Waals surface area contributed by atoms with Gasteiger partial charge in [-0.25, -0.2) is 4.79 Å². The molecule has 0 fully saturated rings. The highest BCUT2D eigenvalue weighted by Gasteiger charge is 2.61. The molecular formula is C38H53BrO5Si2. The van der Waals surface area contributed by atoms with Crippen LogP contribution in [0.1, 0.15) is 61.8 Å². The second-order valence-corrected chi connectivity index (χ2v) is 25.5. The average molecular weight is 726 g/mol. The maximum absolute atomic E-state index is 13.1. The van der Waals surface area contributed by atoms with Crippen LogP contribution in [0.4, 0.5) is 0 Å². The largest absolute Gasteiger partial charge is 0.495 e. The number of esters is 1. The Balaban J connectivity index is 1.79. The SMILES string of the molecule is COC1=C(Br)C(=O)O[C@]12C[C@H](C)C(CO[Si](c1ccccc1)(c1ccccc1)C(C)(C)C)=C[C@]2(C)/C=C/CO[Si](C)(C)C(C)(C)C. The first-order chi connectivity index (χ1) is 21.4. The molecule has 46 heavy (non-hydrogen) atoms. The van der Waals surface area contributed by atoms with Crippen LogP contribution < -0.4 is 10.4 Å². The lowest BCUT2D eigenvalue weighted by molar-refractivity contribution is -0.158. The van der Waals surface area contributed by atoms with Gasteiger partial charge in [-0.3, -0.25) is 0 Å². The minimum atomic E-state index is -2.76. The molecule has 0 saturated carbocycles. The topological polar surface area (TPSA) is 54.0 Å². The molecule has 1 aliphatic heterocycles. The fourth-order valence-electron chi connectivity index (χ4n) is 6.77. The minimum Gasteiger partial charge on any atom is -0.495 e. The van der Waals surface area contributed by atoms with Crippen LogP contribution in [0.3, 0.4) is 0 Å². The Morgan fingerprint density at radius 3 is 1.96 bits per heavy atom. The standard InChI is InChI=1S/C38H53BrO5Si2/c1-28-25-38(33(41-9)32(39)34(40)44-38)37(8,23-18-24-42-45(10,11)35(2,3)4)26-29(28)27-43-46(36(5,6)7,30-19-14-12-15-20-30)31-21-16-13-17-22-31/h12-23,26,28H,24-25,27H2,1-11H3/b23-18+/t28-,37-,38+/m0/s1. The molecule has 3 atom stereocenters. The van der Waals surface area contributed by atoms with Crippen molar-refractivity contribution in [3.05, 3.63) is 94.7 Å². The first kappa shape index (κ1) is 36.6. The number of methoxy groups -OCH3 is 1. The highest BCUT2D eigenvalue weighted by Crippen LogP contribution is 2.56. The lowest BCUT2D eigenvalue weighted by Crippen LogP contribution is -2.66. The number of halogens is 1. The van der Waals surface area contributed by atoms with E-state index in [0.717, 1.165) is 0 Å². The van der Waals surface area contributed by atoms with Gasteiger partial charge in [0.15, 0.2) is 19.7 Å². The van der Waals surface area contributed by atoms with Crippen molar-refractivity contribution in [3.63, 3.8) is 0 Å². The Labute approximate surface area is 287 Å². The molecule has 1 heterocycles. The van der Waals surface area contributed by atoms with Crippen molar-refractivity contribution < 1.29 is 23.1 Å². The molecule has 0 unspecified atom stereocenters. The third-order valence-corrected chi connectivity index (χ3v) is 20.6. The molecular weight excluding hydrogens is 672 g/mol. The fourth-order valence-corrected chi connectivity index (χ4v) is 12.8. The van der Waals surface area contributed by atoms with E-state index in [1.165, 1.54) is 15.9 Å². The van der Waals surface area contributed by atoms with Gasteiger partial charge in [0.05, 0.1) is 25.7 Å². The van der Waals surface area contributed by atoms with Gasteiger partial charge in [0.25, 0.3) is 8.32 Å². The number of hydrogen-bond acceptors (Lipinski definition) is 5. The normalized spacial score (nSPS) is 24.5. The van der Waals surface area contributed by atoms with Crippen molar-refractivity contribution in [1.82, 2.24) is 0 Å². The van der Waals surface area contributed by atoms with Crippen LogP contribution in [0.2, 0.25) is 23.2 Å². The van der Waals surface area contributed by atoms with Gasteiger partial charge in [-0.15, -0.1) is 0 Å². The van der Waals surface area contributed by atoms with Gasteiger partial charge in [0.2, 0.25) is 0 Å². The molecule has 4 rings (SSSR count). The molecule has 5 nitrogen and oxygen atoms in total. The van der Waals surface area contributed by atoms with E-state index in [9.17, 15) is 4.79 Å². The summed E-state index contributed by atoms with van der Waals surface area (Å²) in [4.78, 5) is 13.1. The van der Waals surface area contributed by atoms with Crippen molar-refractivity contribution in [2.45, 2.75) is 90.6 Å². The monoisotopic (exact) mass is 724 g/mol. The summed E-state index contributed by atoms with van der Waals surface area (Å²) >= 11 is 3.48. The van der Waals surface area contributed by atoms with Crippen molar-refractivity contribution in [2.24, 2.45) is 11.3 Å². The highest BCUT2D eigenvalue weighted by atomic mass is 79.9. The lowest BCUT2D eigenvalue weighted by atomic mass is 9.62. The number of benzene rings is 2. The highest BCUT2D eigenvalue weighted by molar-refractivity contribution is 9.12. The number of hydrogen-bond donors (Lipinski definition) is 0. The summed E-state index contributed by atoms with van der Waals surface area (Å²) in [5.74, 6) is 0.200. The van der Waals surface area contributed by atoms with Gasteiger partial charge in [-0.05, 0) is 67.9 Å². The van der Waals surface area contributed by atoms with Crippen molar-refractivity contribution >= 4 is 48.9 Å². The Kier molecular flexibility index (Phi) is 10.6. The molecule has 250 valence electrons. The van der Waals surface area contributed by atoms with E-state index in [1.54, 1.807) is 7.11 Å². The van der Waals surface area contributed by atoms with E-state index in [1.807, 2.05) is 0 Å². The van der Waals surface area contributed by atoms with E-state index < -0.39 is 33.6 Å². The Morgan fingerprint density at radius 2 is 1.48 bits per heavy atom. The molecule has 0 aromatic heterocycles. The summed E-state index contributed by atoms with van der Waals surface area (Å²) in [6.07, 6.45) is 7.06. The van der Waals surface area contributed by atoms with E-state index in [-0.39, 0.29) is 16.0 Å². The lowest BCUT2D eigenvalue weighted by Gasteiger charge is -2.49. The Morgan fingerprint density at radius 1 is 0.935 bits per heavy atom. The predicted molar refractivity (Wildman–Crippen MR) is 198 cm³/mol. The smallest absolute Gasteiger partial charge is 0.349 e. The molecule has 0 saturated heterocycles. The van der Waals surface area contributed by atoms with Crippen molar-refractivity contribution in [3.8, 4) is 0 Å². The van der Waals surface area contributed by atoms with E-state index in [4.69, 9.17) is 18.3 Å². The molecule has 0 radical (unpaired) electrons. The average Bonchev–Trinajstić information content (AvgIpc) is 3.23. The summed E-state index contributed by atoms with van der Waals surface area (Å²) < 4.78 is 26.4. The number of ether oxygens (including phenoxy) is 2. The van der Waals surface area contributed by atoms with Gasteiger partial charge in [-0.1, -0.05) is 127 Å². The van der Waals surface area contributed by atoms with Crippen LogP contribution in [-0.4, -0.2) is 48.5 Å². The summed E-state index contributed by atoms with van der Waals surface area (Å²) in [6, 6.07) is 21.5. The molecule has 2 aromatic carbocycles. The van der Waals surface area contributed by atoms with E-state index in [0.29, 0.717) is 29.9 Å². The zero-order chi connectivity index (χ0) is 34.2. The number of rotatable bonds is 10. The predicted octanol–water partition coefficient (Wildman–Crippen LogP) is 8.66.